The first-order valence-electron chi connectivity index (χ1n) is 7.25. The van der Waals surface area contributed by atoms with Gasteiger partial charge >= 0.3 is 0 Å². The van der Waals surface area contributed by atoms with Gasteiger partial charge < -0.3 is 4.74 Å². The first kappa shape index (κ1) is 12.2. The maximum Gasteiger partial charge on any atom is 0.100 e. The van der Waals surface area contributed by atoms with E-state index in [2.05, 4.69) is 51.1 Å². The molecule has 1 aliphatic heterocycles. The summed E-state index contributed by atoms with van der Waals surface area (Å²) in [5.74, 6) is 0. The summed E-state index contributed by atoms with van der Waals surface area (Å²) in [5, 5.41) is 10.2. The van der Waals surface area contributed by atoms with E-state index in [1.54, 1.807) is 0 Å². The van der Waals surface area contributed by atoms with Crippen molar-refractivity contribution in [1.82, 2.24) is 0 Å². The maximum absolute atomic E-state index is 10.2. The molecular weight excluding hydrogens is 246 g/mol. The smallest absolute Gasteiger partial charge is 0.100 e. The number of hydrogen-bond donors (Lipinski definition) is 0. The molecule has 2 heteroatoms. The lowest BCUT2D eigenvalue weighted by molar-refractivity contribution is -0.195. The molecule has 0 N–H and O–H groups in total. The number of ether oxygens (including phenoxy) is 1. The SMILES string of the molecule is CC1(C)C2(C#N)c3ccccc3C=CC23COC[C@]13C. The summed E-state index contributed by atoms with van der Waals surface area (Å²) in [6.45, 7) is 8.16. The minimum atomic E-state index is -0.476. The Kier molecular flexibility index (Phi) is 1.93. The van der Waals surface area contributed by atoms with E-state index in [-0.39, 0.29) is 16.2 Å². The highest BCUT2D eigenvalue weighted by Crippen LogP contribution is 2.82. The molecule has 20 heavy (non-hydrogen) atoms. The Labute approximate surface area is 120 Å². The van der Waals surface area contributed by atoms with Crippen LogP contribution in [0.25, 0.3) is 6.08 Å². The van der Waals surface area contributed by atoms with E-state index in [1.807, 2.05) is 12.1 Å². The molecule has 1 aromatic carbocycles. The van der Waals surface area contributed by atoms with Crippen molar-refractivity contribution in [2.24, 2.45) is 16.2 Å². The zero-order valence-electron chi connectivity index (χ0n) is 12.2. The third-order valence-corrected chi connectivity index (χ3v) is 6.77. The van der Waals surface area contributed by atoms with E-state index in [0.717, 1.165) is 6.61 Å². The van der Waals surface area contributed by atoms with E-state index >= 15 is 0 Å². The Balaban J connectivity index is 2.10. The number of nitriles is 1. The van der Waals surface area contributed by atoms with Crippen LogP contribution in [0, 0.1) is 27.6 Å². The highest BCUT2D eigenvalue weighted by atomic mass is 16.5. The first-order valence-corrected chi connectivity index (χ1v) is 7.25. The van der Waals surface area contributed by atoms with Crippen molar-refractivity contribution in [3.05, 3.63) is 41.5 Å². The Morgan fingerprint density at radius 1 is 1.15 bits per heavy atom. The highest BCUT2D eigenvalue weighted by Gasteiger charge is 2.84. The van der Waals surface area contributed by atoms with Crippen LogP contribution in [0.15, 0.2) is 30.3 Å². The zero-order valence-corrected chi connectivity index (χ0v) is 12.2. The van der Waals surface area contributed by atoms with Gasteiger partial charge in [-0.15, -0.1) is 0 Å². The van der Waals surface area contributed by atoms with Crippen molar-refractivity contribution < 1.29 is 4.74 Å². The van der Waals surface area contributed by atoms with Crippen molar-refractivity contribution in [1.29, 1.82) is 5.26 Å². The van der Waals surface area contributed by atoms with Gasteiger partial charge in [-0.2, -0.15) is 5.26 Å². The molecule has 2 fully saturated rings. The molecule has 102 valence electrons. The average molecular weight is 265 g/mol. The second-order valence-corrected chi connectivity index (χ2v) is 7.20. The van der Waals surface area contributed by atoms with Gasteiger partial charge in [0.05, 0.1) is 19.3 Å². The van der Waals surface area contributed by atoms with Crippen LogP contribution >= 0.6 is 0 Å². The molecule has 2 unspecified atom stereocenters. The van der Waals surface area contributed by atoms with Gasteiger partial charge in [0.25, 0.3) is 0 Å². The van der Waals surface area contributed by atoms with Crippen LogP contribution in [-0.4, -0.2) is 13.2 Å². The van der Waals surface area contributed by atoms with Gasteiger partial charge in [0.15, 0.2) is 0 Å². The summed E-state index contributed by atoms with van der Waals surface area (Å²) in [4.78, 5) is 0. The van der Waals surface area contributed by atoms with Crippen molar-refractivity contribution in [2.75, 3.05) is 13.2 Å². The highest BCUT2D eigenvalue weighted by molar-refractivity contribution is 5.69. The predicted octanol–water partition coefficient (Wildman–Crippen LogP) is 3.54. The number of rotatable bonds is 0. The van der Waals surface area contributed by atoms with Crippen molar-refractivity contribution >= 4 is 6.08 Å². The van der Waals surface area contributed by atoms with Crippen LogP contribution in [0.3, 0.4) is 0 Å². The van der Waals surface area contributed by atoms with Gasteiger partial charge in [-0.3, -0.25) is 0 Å². The quantitative estimate of drug-likeness (QED) is 0.719. The minimum absolute atomic E-state index is 0.0275. The molecule has 1 saturated carbocycles. The molecule has 3 aliphatic rings. The molecule has 1 heterocycles. The van der Waals surface area contributed by atoms with Crippen LogP contribution in [0.4, 0.5) is 0 Å². The van der Waals surface area contributed by atoms with Crippen molar-refractivity contribution in [3.63, 3.8) is 0 Å². The molecule has 0 bridgehead atoms. The maximum atomic E-state index is 10.2. The fourth-order valence-electron chi connectivity index (χ4n) is 5.32. The van der Waals surface area contributed by atoms with Crippen LogP contribution in [0.5, 0.6) is 0 Å². The summed E-state index contributed by atoms with van der Waals surface area (Å²) in [5.41, 5.74) is 1.63. The number of nitrogens with zero attached hydrogens (tertiary/aromatic N) is 1. The average Bonchev–Trinajstić information content (AvgIpc) is 2.75. The van der Waals surface area contributed by atoms with Crippen molar-refractivity contribution in [3.8, 4) is 6.07 Å². The first-order chi connectivity index (χ1) is 9.47. The Morgan fingerprint density at radius 2 is 1.90 bits per heavy atom. The molecule has 3 atom stereocenters. The Hall–Kier alpha value is -1.59. The summed E-state index contributed by atoms with van der Waals surface area (Å²) < 4.78 is 5.87. The zero-order chi connectivity index (χ0) is 14.2. The molecular formula is C18H19NO. The third kappa shape index (κ3) is 0.833. The van der Waals surface area contributed by atoms with E-state index < -0.39 is 5.41 Å². The fourth-order valence-corrected chi connectivity index (χ4v) is 5.32. The van der Waals surface area contributed by atoms with Crippen LogP contribution in [-0.2, 0) is 10.2 Å². The molecule has 1 aromatic rings. The standard InChI is InChI=1S/C18H19NO/c1-15(2)16(3)11-20-12-17(16)9-8-13-6-4-5-7-14(13)18(15,17)10-19/h4-9H,11-12H2,1-3H3/t16-,17?,18?/m1/s1. The molecule has 4 rings (SSSR count). The van der Waals surface area contributed by atoms with E-state index in [0.29, 0.717) is 6.61 Å². The largest absolute Gasteiger partial charge is 0.380 e. The predicted molar refractivity (Wildman–Crippen MR) is 77.9 cm³/mol. The molecule has 1 saturated heterocycles. The van der Waals surface area contributed by atoms with Gasteiger partial charge in [0.1, 0.15) is 5.41 Å². The summed E-state index contributed by atoms with van der Waals surface area (Å²) >= 11 is 0. The number of fused-ring (bicyclic) bond motifs is 2. The molecule has 0 aromatic heterocycles. The monoisotopic (exact) mass is 265 g/mol. The second-order valence-electron chi connectivity index (χ2n) is 7.20. The molecule has 0 radical (unpaired) electrons. The van der Waals surface area contributed by atoms with Gasteiger partial charge in [-0.05, 0) is 16.5 Å². The van der Waals surface area contributed by atoms with Crippen molar-refractivity contribution in [2.45, 2.75) is 26.2 Å². The van der Waals surface area contributed by atoms with Gasteiger partial charge in [0, 0.05) is 10.8 Å². The van der Waals surface area contributed by atoms with Gasteiger partial charge in [0.2, 0.25) is 0 Å². The topological polar surface area (TPSA) is 33.0 Å². The third-order valence-electron chi connectivity index (χ3n) is 6.77. The Bertz CT molecular complexity index is 683. The second kappa shape index (κ2) is 3.18. The normalized spacial score (nSPS) is 42.9. The molecule has 2 aliphatic carbocycles. The lowest BCUT2D eigenvalue weighted by Gasteiger charge is -2.74. The lowest BCUT2D eigenvalue weighted by atomic mass is 9.25. The van der Waals surface area contributed by atoms with E-state index in [9.17, 15) is 5.26 Å². The van der Waals surface area contributed by atoms with Gasteiger partial charge in [-0.1, -0.05) is 57.2 Å². The van der Waals surface area contributed by atoms with E-state index in [4.69, 9.17) is 4.74 Å². The molecule has 0 amide bonds. The summed E-state index contributed by atoms with van der Waals surface area (Å²) in [7, 11) is 0. The lowest BCUT2D eigenvalue weighted by Crippen LogP contribution is -2.77. The summed E-state index contributed by atoms with van der Waals surface area (Å²) in [6.07, 6.45) is 4.45. The Morgan fingerprint density at radius 3 is 2.65 bits per heavy atom. The molecule has 1 spiro atoms. The van der Waals surface area contributed by atoms with Crippen LogP contribution < -0.4 is 0 Å². The summed E-state index contributed by atoms with van der Waals surface area (Å²) in [6, 6.07) is 11.1. The van der Waals surface area contributed by atoms with Gasteiger partial charge in [-0.25, -0.2) is 0 Å². The number of hydrogen-bond acceptors (Lipinski definition) is 2. The van der Waals surface area contributed by atoms with E-state index in [1.165, 1.54) is 11.1 Å². The van der Waals surface area contributed by atoms with Crippen LogP contribution in [0.2, 0.25) is 0 Å². The minimum Gasteiger partial charge on any atom is -0.380 e. The molecule has 2 nitrogen and oxygen atoms in total. The number of benzene rings is 1. The van der Waals surface area contributed by atoms with Crippen LogP contribution in [0.1, 0.15) is 31.9 Å². The fraction of sp³-hybridized carbons (Fsp3) is 0.500.